The topological polar surface area (TPSA) is 26.3 Å². The maximum atomic E-state index is 10.6. The van der Waals surface area contributed by atoms with Crippen LogP contribution in [0.15, 0.2) is 24.3 Å². The van der Waals surface area contributed by atoms with Crippen molar-refractivity contribution >= 4 is 17.9 Å². The van der Waals surface area contributed by atoms with E-state index in [0.29, 0.717) is 5.02 Å². The van der Waals surface area contributed by atoms with Crippen LogP contribution in [-0.4, -0.2) is 12.4 Å². The molecule has 1 aliphatic rings. The number of hydrogen-bond donors (Lipinski definition) is 0. The van der Waals surface area contributed by atoms with E-state index in [1.807, 2.05) is 31.2 Å². The number of hydrogen-bond acceptors (Lipinski definition) is 2. The van der Waals surface area contributed by atoms with E-state index in [4.69, 9.17) is 16.3 Å². The lowest BCUT2D eigenvalue weighted by molar-refractivity contribution is -0.122. The Morgan fingerprint density at radius 2 is 2.40 bits per heavy atom. The molecule has 1 fully saturated rings. The fraction of sp³-hybridized carbons (Fsp3) is 0.417. The van der Waals surface area contributed by atoms with Gasteiger partial charge in [0, 0.05) is 5.02 Å². The Balaban J connectivity index is 2.27. The molecule has 80 valence electrons. The van der Waals surface area contributed by atoms with E-state index in [2.05, 4.69) is 0 Å². The second-order valence-electron chi connectivity index (χ2n) is 4.07. The highest BCUT2D eigenvalue weighted by atomic mass is 35.5. The summed E-state index contributed by atoms with van der Waals surface area (Å²) in [5, 5.41) is 0.701. The third kappa shape index (κ3) is 2.06. The molecule has 2 rings (SSSR count). The molecule has 3 heteroatoms. The normalized spacial score (nSPS) is 30.4. The van der Waals surface area contributed by atoms with Gasteiger partial charge in [-0.3, -0.25) is 0 Å². The third-order valence-corrected chi connectivity index (χ3v) is 3.14. The molecule has 0 spiro atoms. The molecule has 0 radical (unpaired) electrons. The molecule has 1 saturated heterocycles. The van der Waals surface area contributed by atoms with Crippen LogP contribution in [0.5, 0.6) is 0 Å². The molecule has 2 unspecified atom stereocenters. The highest BCUT2D eigenvalue weighted by Gasteiger charge is 2.37. The largest absolute Gasteiger partial charge is 0.360 e. The standard InChI is InChI=1S/C12H13ClO2/c1-12(6-5-11(8-14)15-12)9-3-2-4-10(13)7-9/h2-4,7-8,11H,5-6H2,1H3. The van der Waals surface area contributed by atoms with E-state index in [9.17, 15) is 4.79 Å². The van der Waals surface area contributed by atoms with Gasteiger partial charge in [0.15, 0.2) is 0 Å². The minimum atomic E-state index is -0.365. The van der Waals surface area contributed by atoms with Crippen molar-refractivity contribution in [2.75, 3.05) is 0 Å². The SMILES string of the molecule is CC1(c2cccc(Cl)c2)CCC(C=O)O1. The van der Waals surface area contributed by atoms with Crippen molar-refractivity contribution in [2.45, 2.75) is 31.5 Å². The summed E-state index contributed by atoms with van der Waals surface area (Å²) >= 11 is 5.93. The Morgan fingerprint density at radius 3 is 3.00 bits per heavy atom. The zero-order valence-corrected chi connectivity index (χ0v) is 9.33. The van der Waals surface area contributed by atoms with Gasteiger partial charge in [0.25, 0.3) is 0 Å². The molecule has 2 atom stereocenters. The molecule has 1 aliphatic heterocycles. The first-order valence-electron chi connectivity index (χ1n) is 5.03. The molecule has 0 amide bonds. The van der Waals surface area contributed by atoms with E-state index in [-0.39, 0.29) is 11.7 Å². The minimum Gasteiger partial charge on any atom is -0.360 e. The van der Waals surface area contributed by atoms with Crippen LogP contribution in [-0.2, 0) is 15.1 Å². The van der Waals surface area contributed by atoms with Gasteiger partial charge in [-0.05, 0) is 37.5 Å². The van der Waals surface area contributed by atoms with Crippen LogP contribution >= 0.6 is 11.6 Å². The molecule has 15 heavy (non-hydrogen) atoms. The Bertz CT molecular complexity index is 378. The molecule has 0 aliphatic carbocycles. The van der Waals surface area contributed by atoms with E-state index in [1.54, 1.807) is 0 Å². The number of halogens is 1. The quantitative estimate of drug-likeness (QED) is 0.722. The summed E-state index contributed by atoms with van der Waals surface area (Å²) in [5.74, 6) is 0. The summed E-state index contributed by atoms with van der Waals surface area (Å²) in [7, 11) is 0. The van der Waals surface area contributed by atoms with Crippen LogP contribution in [0.3, 0.4) is 0 Å². The predicted molar refractivity (Wildman–Crippen MR) is 59.0 cm³/mol. The molecule has 1 heterocycles. The summed E-state index contributed by atoms with van der Waals surface area (Å²) in [6.45, 7) is 2.00. The summed E-state index contributed by atoms with van der Waals surface area (Å²) in [6, 6.07) is 7.62. The van der Waals surface area contributed by atoms with Crippen molar-refractivity contribution in [1.29, 1.82) is 0 Å². The zero-order valence-electron chi connectivity index (χ0n) is 8.57. The summed E-state index contributed by atoms with van der Waals surface area (Å²) in [4.78, 5) is 10.6. The van der Waals surface area contributed by atoms with Crippen molar-refractivity contribution in [2.24, 2.45) is 0 Å². The minimum absolute atomic E-state index is 0.269. The lowest BCUT2D eigenvalue weighted by atomic mass is 9.93. The van der Waals surface area contributed by atoms with Gasteiger partial charge in [0.2, 0.25) is 0 Å². The van der Waals surface area contributed by atoms with Crippen LogP contribution in [0.1, 0.15) is 25.3 Å². The number of carbonyl (C=O) groups excluding carboxylic acids is 1. The fourth-order valence-electron chi connectivity index (χ4n) is 2.00. The predicted octanol–water partition coefficient (Wildman–Crippen LogP) is 2.93. The second-order valence-corrected chi connectivity index (χ2v) is 4.51. The first-order chi connectivity index (χ1) is 7.14. The maximum absolute atomic E-state index is 10.6. The number of aldehydes is 1. The molecule has 0 saturated carbocycles. The first-order valence-corrected chi connectivity index (χ1v) is 5.41. The third-order valence-electron chi connectivity index (χ3n) is 2.90. The second kappa shape index (κ2) is 3.95. The van der Waals surface area contributed by atoms with Crippen molar-refractivity contribution in [3.05, 3.63) is 34.9 Å². The molecule has 0 bridgehead atoms. The number of carbonyl (C=O) groups is 1. The smallest absolute Gasteiger partial charge is 0.148 e. The number of ether oxygens (including phenoxy) is 1. The van der Waals surface area contributed by atoms with Gasteiger partial charge in [-0.1, -0.05) is 23.7 Å². The Morgan fingerprint density at radius 1 is 1.60 bits per heavy atom. The molecule has 2 nitrogen and oxygen atoms in total. The summed E-state index contributed by atoms with van der Waals surface area (Å²) in [6.07, 6.45) is 2.24. The van der Waals surface area contributed by atoms with E-state index < -0.39 is 0 Å². The van der Waals surface area contributed by atoms with Gasteiger partial charge in [0.05, 0.1) is 5.60 Å². The number of rotatable bonds is 2. The number of benzene rings is 1. The monoisotopic (exact) mass is 224 g/mol. The average molecular weight is 225 g/mol. The Labute approximate surface area is 94.2 Å². The van der Waals surface area contributed by atoms with Crippen LogP contribution < -0.4 is 0 Å². The Hall–Kier alpha value is -0.860. The summed E-state index contributed by atoms with van der Waals surface area (Å²) in [5.41, 5.74) is 0.676. The van der Waals surface area contributed by atoms with Crippen LogP contribution in [0.25, 0.3) is 0 Å². The molecule has 1 aromatic carbocycles. The highest BCUT2D eigenvalue weighted by Crippen LogP contribution is 2.38. The average Bonchev–Trinajstić information content (AvgIpc) is 2.62. The molecule has 0 aromatic heterocycles. The van der Waals surface area contributed by atoms with Crippen molar-refractivity contribution in [1.82, 2.24) is 0 Å². The lowest BCUT2D eigenvalue weighted by Gasteiger charge is -2.24. The van der Waals surface area contributed by atoms with E-state index in [1.165, 1.54) is 0 Å². The van der Waals surface area contributed by atoms with Gasteiger partial charge in [-0.25, -0.2) is 0 Å². The van der Waals surface area contributed by atoms with Crippen LogP contribution in [0.2, 0.25) is 5.02 Å². The van der Waals surface area contributed by atoms with Gasteiger partial charge in [0.1, 0.15) is 12.4 Å². The van der Waals surface area contributed by atoms with Crippen molar-refractivity contribution < 1.29 is 9.53 Å². The van der Waals surface area contributed by atoms with Crippen LogP contribution in [0, 0.1) is 0 Å². The van der Waals surface area contributed by atoms with Crippen molar-refractivity contribution in [3.63, 3.8) is 0 Å². The lowest BCUT2D eigenvalue weighted by Crippen LogP contribution is -2.22. The Kier molecular flexibility index (Phi) is 2.81. The maximum Gasteiger partial charge on any atom is 0.148 e. The molecule has 0 N–H and O–H groups in total. The van der Waals surface area contributed by atoms with Gasteiger partial charge < -0.3 is 9.53 Å². The highest BCUT2D eigenvalue weighted by molar-refractivity contribution is 6.30. The first kappa shape index (κ1) is 10.7. The zero-order chi connectivity index (χ0) is 10.9. The van der Waals surface area contributed by atoms with Gasteiger partial charge in [-0.2, -0.15) is 0 Å². The van der Waals surface area contributed by atoms with Crippen molar-refractivity contribution in [3.8, 4) is 0 Å². The van der Waals surface area contributed by atoms with Crippen LogP contribution in [0.4, 0.5) is 0 Å². The molecule has 1 aromatic rings. The van der Waals surface area contributed by atoms with Gasteiger partial charge >= 0.3 is 0 Å². The van der Waals surface area contributed by atoms with E-state index in [0.717, 1.165) is 24.7 Å². The molecular formula is C12H13ClO2. The van der Waals surface area contributed by atoms with E-state index >= 15 is 0 Å². The molecular weight excluding hydrogens is 212 g/mol. The fourth-order valence-corrected chi connectivity index (χ4v) is 2.19. The summed E-state index contributed by atoms with van der Waals surface area (Å²) < 4.78 is 5.71. The van der Waals surface area contributed by atoms with Gasteiger partial charge in [-0.15, -0.1) is 0 Å².